The number of halogens is 3. The highest BCUT2D eigenvalue weighted by Crippen LogP contribution is 2.35. The molecule has 132 valence electrons. The molecule has 1 amide bonds. The van der Waals surface area contributed by atoms with Crippen LogP contribution in [0.2, 0.25) is 10.0 Å². The third-order valence-electron chi connectivity index (χ3n) is 3.89. The van der Waals surface area contributed by atoms with E-state index in [1.165, 1.54) is 6.07 Å². The molecule has 1 fully saturated rings. The van der Waals surface area contributed by atoms with Crippen LogP contribution in [0.1, 0.15) is 25.0 Å². The van der Waals surface area contributed by atoms with Crippen molar-refractivity contribution >= 4 is 35.1 Å². The first-order valence-electron chi connectivity index (χ1n) is 7.45. The number of benzene rings is 1. The van der Waals surface area contributed by atoms with Gasteiger partial charge in [-0.15, -0.1) is 0 Å². The van der Waals surface area contributed by atoms with Crippen molar-refractivity contribution in [2.24, 2.45) is 5.92 Å². The minimum Gasteiger partial charge on any atom is -0.457 e. The van der Waals surface area contributed by atoms with E-state index >= 15 is 0 Å². The number of hydrogen-bond donors (Lipinski definition) is 0. The third-order valence-corrected chi connectivity index (χ3v) is 4.61. The second-order valence-electron chi connectivity index (χ2n) is 5.57. The van der Waals surface area contributed by atoms with E-state index < -0.39 is 23.8 Å². The lowest BCUT2D eigenvalue weighted by molar-refractivity contribution is -0.153. The van der Waals surface area contributed by atoms with Gasteiger partial charge in [-0.2, -0.15) is 0 Å². The fourth-order valence-corrected chi connectivity index (χ4v) is 3.27. The molecule has 0 bridgehead atoms. The molecule has 24 heavy (non-hydrogen) atoms. The van der Waals surface area contributed by atoms with Gasteiger partial charge in [-0.25, -0.2) is 4.39 Å². The van der Waals surface area contributed by atoms with Crippen molar-refractivity contribution in [2.45, 2.75) is 19.4 Å². The summed E-state index contributed by atoms with van der Waals surface area (Å²) in [5.41, 5.74) is 0.215. The first-order chi connectivity index (χ1) is 11.3. The Morgan fingerprint density at radius 3 is 2.83 bits per heavy atom. The van der Waals surface area contributed by atoms with Crippen molar-refractivity contribution in [1.82, 2.24) is 4.90 Å². The Balaban J connectivity index is 2.03. The molecule has 0 radical (unpaired) electrons. The Morgan fingerprint density at radius 2 is 2.17 bits per heavy atom. The summed E-state index contributed by atoms with van der Waals surface area (Å²) in [6.07, 6.45) is -0.740. The zero-order valence-corrected chi connectivity index (χ0v) is 14.9. The van der Waals surface area contributed by atoms with Gasteiger partial charge >= 0.3 is 5.97 Å². The first-order valence-corrected chi connectivity index (χ1v) is 8.21. The molecule has 2 unspecified atom stereocenters. The maximum atomic E-state index is 13.6. The fraction of sp³-hybridized carbons (Fsp3) is 0.500. The van der Waals surface area contributed by atoms with E-state index in [0.717, 1.165) is 6.07 Å². The molecular weight excluding hydrogens is 360 g/mol. The van der Waals surface area contributed by atoms with Crippen molar-refractivity contribution in [3.05, 3.63) is 33.6 Å². The summed E-state index contributed by atoms with van der Waals surface area (Å²) >= 11 is 11.9. The number of likely N-dealkylation sites (tertiary alicyclic amines) is 1. The van der Waals surface area contributed by atoms with Crippen LogP contribution in [0.5, 0.6) is 0 Å². The molecule has 1 heterocycles. The van der Waals surface area contributed by atoms with E-state index in [-0.39, 0.29) is 34.5 Å². The maximum absolute atomic E-state index is 13.6. The average molecular weight is 378 g/mol. The van der Waals surface area contributed by atoms with Crippen LogP contribution in [-0.2, 0) is 19.1 Å². The van der Waals surface area contributed by atoms with E-state index in [9.17, 15) is 14.0 Å². The third kappa shape index (κ3) is 4.18. The van der Waals surface area contributed by atoms with E-state index in [4.69, 9.17) is 32.7 Å². The van der Waals surface area contributed by atoms with E-state index in [2.05, 4.69) is 0 Å². The van der Waals surface area contributed by atoms with Gasteiger partial charge in [0.25, 0.3) is 0 Å². The van der Waals surface area contributed by atoms with Crippen LogP contribution in [0, 0.1) is 11.7 Å². The number of carbonyl (C=O) groups excluding carboxylic acids is 2. The highest BCUT2D eigenvalue weighted by molar-refractivity contribution is 6.36. The number of ether oxygens (including phenoxy) is 2. The summed E-state index contributed by atoms with van der Waals surface area (Å²) in [5, 5.41) is 0.0398. The highest BCUT2D eigenvalue weighted by Gasteiger charge is 2.36. The van der Waals surface area contributed by atoms with Crippen molar-refractivity contribution in [2.75, 3.05) is 26.8 Å². The Morgan fingerprint density at radius 1 is 1.46 bits per heavy atom. The lowest BCUT2D eigenvalue weighted by Gasteiger charge is -2.19. The van der Waals surface area contributed by atoms with Gasteiger partial charge in [-0.3, -0.25) is 9.59 Å². The van der Waals surface area contributed by atoms with Crippen molar-refractivity contribution in [3.8, 4) is 0 Å². The highest BCUT2D eigenvalue weighted by atomic mass is 35.5. The first kappa shape index (κ1) is 19.0. The second kappa shape index (κ2) is 8.14. The molecule has 1 aliphatic rings. The molecule has 2 rings (SSSR count). The zero-order chi connectivity index (χ0) is 17.9. The second-order valence-corrected chi connectivity index (χ2v) is 6.35. The molecule has 0 N–H and O–H groups in total. The number of hydrogen-bond acceptors (Lipinski definition) is 4. The predicted octanol–water partition coefficient (Wildman–Crippen LogP) is 3.23. The van der Waals surface area contributed by atoms with Gasteiger partial charge in [0.05, 0.1) is 17.5 Å². The van der Waals surface area contributed by atoms with Crippen LogP contribution < -0.4 is 0 Å². The van der Waals surface area contributed by atoms with Crippen LogP contribution in [-0.4, -0.2) is 43.6 Å². The number of nitrogens with zero attached hydrogens (tertiary/aromatic N) is 1. The lowest BCUT2D eigenvalue weighted by Crippen LogP contribution is -2.30. The Labute approximate surface area is 149 Å². The molecule has 0 aliphatic carbocycles. The van der Waals surface area contributed by atoms with Gasteiger partial charge < -0.3 is 14.4 Å². The van der Waals surface area contributed by atoms with Crippen molar-refractivity contribution in [1.29, 1.82) is 0 Å². The molecule has 2 atom stereocenters. The van der Waals surface area contributed by atoms with Crippen LogP contribution in [0.3, 0.4) is 0 Å². The molecule has 0 spiro atoms. The van der Waals surface area contributed by atoms with Gasteiger partial charge in [0.15, 0.2) is 0 Å². The van der Waals surface area contributed by atoms with E-state index in [1.807, 2.05) is 0 Å². The predicted molar refractivity (Wildman–Crippen MR) is 87.5 cm³/mol. The SMILES string of the molecule is COCCN1CC(C(=O)OC(C)c2c(Cl)ccc(F)c2Cl)CC1=O. The molecule has 8 heteroatoms. The Bertz CT molecular complexity index is 641. The monoisotopic (exact) mass is 377 g/mol. The fourth-order valence-electron chi connectivity index (χ4n) is 2.59. The summed E-state index contributed by atoms with van der Waals surface area (Å²) < 4.78 is 23.9. The largest absolute Gasteiger partial charge is 0.457 e. The summed E-state index contributed by atoms with van der Waals surface area (Å²) in [4.78, 5) is 25.7. The van der Waals surface area contributed by atoms with Crippen LogP contribution in [0.15, 0.2) is 12.1 Å². The Kier molecular flexibility index (Phi) is 6.43. The Hall–Kier alpha value is -1.37. The van der Waals surface area contributed by atoms with Crippen LogP contribution in [0.25, 0.3) is 0 Å². The van der Waals surface area contributed by atoms with Crippen LogP contribution in [0.4, 0.5) is 4.39 Å². The standard InChI is InChI=1S/C16H18Cl2FNO4/c1-9(14-11(17)3-4-12(19)15(14)18)24-16(22)10-7-13(21)20(8-10)5-6-23-2/h3-4,9-10H,5-8H2,1-2H3. The normalized spacial score (nSPS) is 18.8. The average Bonchev–Trinajstić information content (AvgIpc) is 2.90. The summed E-state index contributed by atoms with van der Waals surface area (Å²) in [5.74, 6) is -1.86. The van der Waals surface area contributed by atoms with Crippen LogP contribution >= 0.6 is 23.2 Å². The quantitative estimate of drug-likeness (QED) is 0.564. The number of esters is 1. The molecule has 1 aromatic rings. The molecule has 1 aromatic carbocycles. The smallest absolute Gasteiger partial charge is 0.311 e. The van der Waals surface area contributed by atoms with Gasteiger partial charge in [0.1, 0.15) is 11.9 Å². The minimum absolute atomic E-state index is 0.0832. The lowest BCUT2D eigenvalue weighted by atomic mass is 10.1. The molecule has 1 saturated heterocycles. The number of rotatable bonds is 6. The summed E-state index contributed by atoms with van der Waals surface area (Å²) in [6.45, 7) is 2.66. The molecule has 1 aliphatic heterocycles. The van der Waals surface area contributed by atoms with Crippen molar-refractivity contribution in [3.63, 3.8) is 0 Å². The summed E-state index contributed by atoms with van der Waals surface area (Å²) in [6, 6.07) is 2.50. The van der Waals surface area contributed by atoms with Crippen molar-refractivity contribution < 1.29 is 23.5 Å². The van der Waals surface area contributed by atoms with Gasteiger partial charge in [0, 0.05) is 37.2 Å². The molecule has 0 saturated carbocycles. The number of amides is 1. The van der Waals surface area contributed by atoms with E-state index in [0.29, 0.717) is 13.2 Å². The molecular formula is C16H18Cl2FNO4. The molecule has 0 aromatic heterocycles. The number of methoxy groups -OCH3 is 1. The minimum atomic E-state index is -0.823. The maximum Gasteiger partial charge on any atom is 0.311 e. The van der Waals surface area contributed by atoms with E-state index in [1.54, 1.807) is 18.9 Å². The van der Waals surface area contributed by atoms with Gasteiger partial charge in [-0.1, -0.05) is 23.2 Å². The van der Waals surface area contributed by atoms with Gasteiger partial charge in [0.2, 0.25) is 5.91 Å². The topological polar surface area (TPSA) is 55.8 Å². The number of carbonyl (C=O) groups is 2. The summed E-state index contributed by atoms with van der Waals surface area (Å²) in [7, 11) is 1.54. The van der Waals surface area contributed by atoms with Gasteiger partial charge in [-0.05, 0) is 19.1 Å². The zero-order valence-electron chi connectivity index (χ0n) is 13.4. The molecule has 5 nitrogen and oxygen atoms in total.